The van der Waals surface area contributed by atoms with Crippen LogP contribution in [0.5, 0.6) is 5.75 Å². The molecule has 0 aliphatic carbocycles. The Bertz CT molecular complexity index is 495. The van der Waals surface area contributed by atoms with Gasteiger partial charge in [-0.15, -0.1) is 0 Å². The lowest BCUT2D eigenvalue weighted by atomic mass is 10.2. The maximum Gasteiger partial charge on any atom is 0.301 e. The van der Waals surface area contributed by atoms with Crippen LogP contribution >= 0.6 is 0 Å². The summed E-state index contributed by atoms with van der Waals surface area (Å²) >= 11 is 0. The SMILES string of the molecule is COc1ccc(C)cc1NS(=O)(=O)N1CC1. The first-order valence-corrected chi connectivity index (χ1v) is 6.39. The van der Waals surface area contributed by atoms with Crippen molar-refractivity contribution in [1.82, 2.24) is 4.31 Å². The fraction of sp³-hybridized carbons (Fsp3) is 0.400. The molecule has 0 unspecified atom stereocenters. The third-order valence-corrected chi connectivity index (χ3v) is 3.86. The van der Waals surface area contributed by atoms with E-state index in [0.717, 1.165) is 5.56 Å². The van der Waals surface area contributed by atoms with Crippen LogP contribution in [0.25, 0.3) is 0 Å². The van der Waals surface area contributed by atoms with Crippen LogP contribution in [0.4, 0.5) is 5.69 Å². The molecule has 0 radical (unpaired) electrons. The number of aryl methyl sites for hydroxylation is 1. The van der Waals surface area contributed by atoms with Gasteiger partial charge in [0.2, 0.25) is 0 Å². The van der Waals surface area contributed by atoms with Crippen LogP contribution in [0.1, 0.15) is 5.56 Å². The van der Waals surface area contributed by atoms with Crippen LogP contribution in [0.15, 0.2) is 18.2 Å². The van der Waals surface area contributed by atoms with E-state index >= 15 is 0 Å². The largest absolute Gasteiger partial charge is 0.495 e. The minimum atomic E-state index is -3.39. The molecule has 1 aromatic rings. The van der Waals surface area contributed by atoms with Crippen LogP contribution in [-0.2, 0) is 10.2 Å². The fourth-order valence-electron chi connectivity index (χ4n) is 1.39. The Balaban J connectivity index is 2.29. The number of ether oxygens (including phenoxy) is 1. The second kappa shape index (κ2) is 3.95. The monoisotopic (exact) mass is 242 g/mol. The van der Waals surface area contributed by atoms with Crippen LogP contribution < -0.4 is 9.46 Å². The Labute approximate surface area is 95.2 Å². The molecule has 1 N–H and O–H groups in total. The van der Waals surface area contributed by atoms with Gasteiger partial charge in [-0.2, -0.15) is 12.7 Å². The van der Waals surface area contributed by atoms with Crippen LogP contribution in [0.2, 0.25) is 0 Å². The molecule has 1 aliphatic heterocycles. The predicted molar refractivity (Wildman–Crippen MR) is 61.8 cm³/mol. The molecule has 16 heavy (non-hydrogen) atoms. The minimum absolute atomic E-state index is 0.481. The van der Waals surface area contributed by atoms with Crippen molar-refractivity contribution in [3.8, 4) is 5.75 Å². The molecule has 0 spiro atoms. The summed E-state index contributed by atoms with van der Waals surface area (Å²) in [6.45, 7) is 3.07. The number of hydrogen-bond acceptors (Lipinski definition) is 3. The molecule has 0 bridgehead atoms. The average Bonchev–Trinajstić information content (AvgIpc) is 3.00. The molecular formula is C10H14N2O3S. The van der Waals surface area contributed by atoms with E-state index in [-0.39, 0.29) is 0 Å². The normalized spacial score (nSPS) is 15.9. The smallest absolute Gasteiger partial charge is 0.301 e. The number of anilines is 1. The molecule has 0 aromatic heterocycles. The molecule has 5 nitrogen and oxygen atoms in total. The average molecular weight is 242 g/mol. The Hall–Kier alpha value is -1.27. The number of nitrogens with one attached hydrogen (secondary N) is 1. The first-order chi connectivity index (χ1) is 7.53. The molecule has 1 aromatic carbocycles. The molecule has 6 heteroatoms. The van der Waals surface area contributed by atoms with Gasteiger partial charge in [0.15, 0.2) is 0 Å². The van der Waals surface area contributed by atoms with Gasteiger partial charge in [-0.3, -0.25) is 4.72 Å². The van der Waals surface area contributed by atoms with Crippen LogP contribution in [-0.4, -0.2) is 32.9 Å². The van der Waals surface area contributed by atoms with E-state index in [0.29, 0.717) is 24.5 Å². The molecule has 0 amide bonds. The van der Waals surface area contributed by atoms with Gasteiger partial charge in [-0.05, 0) is 24.6 Å². The predicted octanol–water partition coefficient (Wildman–Crippen LogP) is 0.976. The van der Waals surface area contributed by atoms with Crippen molar-refractivity contribution in [2.24, 2.45) is 0 Å². The molecule has 88 valence electrons. The highest BCUT2D eigenvalue weighted by Gasteiger charge is 2.32. The maximum absolute atomic E-state index is 11.7. The number of hydrogen-bond donors (Lipinski definition) is 1. The third-order valence-electron chi connectivity index (χ3n) is 2.34. The van der Waals surface area contributed by atoms with Gasteiger partial charge in [0.05, 0.1) is 12.8 Å². The first kappa shape index (κ1) is 11.2. The van der Waals surface area contributed by atoms with Crippen molar-refractivity contribution in [2.75, 3.05) is 24.9 Å². The Morgan fingerprint density at radius 1 is 1.38 bits per heavy atom. The topological polar surface area (TPSA) is 58.4 Å². The summed E-state index contributed by atoms with van der Waals surface area (Å²) in [5.74, 6) is 0.524. The number of rotatable bonds is 4. The molecule has 1 heterocycles. The zero-order valence-electron chi connectivity index (χ0n) is 9.23. The summed E-state index contributed by atoms with van der Waals surface area (Å²) < 4.78 is 32.4. The standard InChI is InChI=1S/C10H14N2O3S/c1-8-3-4-10(15-2)9(7-8)11-16(13,14)12-5-6-12/h3-4,7,11H,5-6H2,1-2H3. The zero-order chi connectivity index (χ0) is 11.8. The molecule has 1 aliphatic rings. The van der Waals surface area contributed by atoms with E-state index in [9.17, 15) is 8.42 Å². The molecule has 0 atom stereocenters. The molecular weight excluding hydrogens is 228 g/mol. The van der Waals surface area contributed by atoms with E-state index in [4.69, 9.17) is 4.74 Å². The summed E-state index contributed by atoms with van der Waals surface area (Å²) in [4.78, 5) is 0. The lowest BCUT2D eigenvalue weighted by Crippen LogP contribution is -2.21. The quantitative estimate of drug-likeness (QED) is 0.801. The van der Waals surface area contributed by atoms with E-state index in [1.165, 1.54) is 11.4 Å². The first-order valence-electron chi connectivity index (χ1n) is 4.95. The third kappa shape index (κ3) is 2.28. The zero-order valence-corrected chi connectivity index (χ0v) is 10.0. The van der Waals surface area contributed by atoms with Gasteiger partial charge in [-0.25, -0.2) is 0 Å². The van der Waals surface area contributed by atoms with Gasteiger partial charge in [-0.1, -0.05) is 6.07 Å². The lowest BCUT2D eigenvalue weighted by Gasteiger charge is -2.12. The summed E-state index contributed by atoms with van der Waals surface area (Å²) in [6, 6.07) is 5.36. The van der Waals surface area contributed by atoms with E-state index < -0.39 is 10.2 Å². The van der Waals surface area contributed by atoms with Crippen molar-refractivity contribution in [3.63, 3.8) is 0 Å². The van der Waals surface area contributed by atoms with E-state index in [1.807, 2.05) is 13.0 Å². The van der Waals surface area contributed by atoms with Crippen LogP contribution in [0.3, 0.4) is 0 Å². The van der Waals surface area contributed by atoms with E-state index in [2.05, 4.69) is 4.72 Å². The Kier molecular flexibility index (Phi) is 2.77. The Morgan fingerprint density at radius 2 is 2.06 bits per heavy atom. The van der Waals surface area contributed by atoms with Gasteiger partial charge in [0, 0.05) is 13.1 Å². The Morgan fingerprint density at radius 3 is 2.62 bits per heavy atom. The van der Waals surface area contributed by atoms with E-state index in [1.54, 1.807) is 12.1 Å². The summed E-state index contributed by atoms with van der Waals surface area (Å²) in [5.41, 5.74) is 1.46. The lowest BCUT2D eigenvalue weighted by molar-refractivity contribution is 0.416. The highest BCUT2D eigenvalue weighted by atomic mass is 32.2. The summed E-state index contributed by atoms with van der Waals surface area (Å²) in [5, 5.41) is 0. The van der Waals surface area contributed by atoms with Gasteiger partial charge in [0.1, 0.15) is 5.75 Å². The van der Waals surface area contributed by atoms with Gasteiger partial charge < -0.3 is 4.74 Å². The van der Waals surface area contributed by atoms with Crippen molar-refractivity contribution < 1.29 is 13.2 Å². The number of benzene rings is 1. The molecule has 2 rings (SSSR count). The van der Waals surface area contributed by atoms with Crippen molar-refractivity contribution in [3.05, 3.63) is 23.8 Å². The minimum Gasteiger partial charge on any atom is -0.495 e. The highest BCUT2D eigenvalue weighted by molar-refractivity contribution is 7.90. The second-order valence-electron chi connectivity index (χ2n) is 3.71. The molecule has 0 saturated carbocycles. The molecule has 1 saturated heterocycles. The second-order valence-corrected chi connectivity index (χ2v) is 5.38. The number of nitrogens with zero attached hydrogens (tertiary/aromatic N) is 1. The van der Waals surface area contributed by atoms with Gasteiger partial charge >= 0.3 is 10.2 Å². The highest BCUT2D eigenvalue weighted by Crippen LogP contribution is 2.27. The number of methoxy groups -OCH3 is 1. The van der Waals surface area contributed by atoms with Crippen molar-refractivity contribution in [2.45, 2.75) is 6.92 Å². The van der Waals surface area contributed by atoms with Crippen molar-refractivity contribution >= 4 is 15.9 Å². The van der Waals surface area contributed by atoms with Gasteiger partial charge in [0.25, 0.3) is 0 Å². The maximum atomic E-state index is 11.7. The van der Waals surface area contributed by atoms with Crippen molar-refractivity contribution in [1.29, 1.82) is 0 Å². The fourth-order valence-corrected chi connectivity index (χ4v) is 2.52. The summed E-state index contributed by atoms with van der Waals surface area (Å²) in [7, 11) is -1.87. The van der Waals surface area contributed by atoms with Crippen LogP contribution in [0, 0.1) is 6.92 Å². The summed E-state index contributed by atoms with van der Waals surface area (Å²) in [6.07, 6.45) is 0. The molecule has 1 fully saturated rings.